The molecule has 0 spiro atoms. The van der Waals surface area contributed by atoms with Crippen LogP contribution in [0.15, 0.2) is 30.3 Å². The second-order valence-corrected chi connectivity index (χ2v) is 7.17. The van der Waals surface area contributed by atoms with Crippen molar-refractivity contribution in [2.45, 2.75) is 44.6 Å². The molecule has 2 aromatic rings. The molecule has 21 heavy (non-hydrogen) atoms. The third-order valence-corrected chi connectivity index (χ3v) is 5.76. The standard InChI is InChI=1S/C18H23NOS/c1-12-6-8-13(9-7-12)15(11-19)18(20)17-10-14-4-2-3-5-16(14)21-17/h6-10,15,18,20H,2-5,11,19H2,1H3. The molecule has 0 bridgehead atoms. The van der Waals surface area contributed by atoms with E-state index in [4.69, 9.17) is 5.73 Å². The van der Waals surface area contributed by atoms with Crippen molar-refractivity contribution in [3.8, 4) is 0 Å². The second kappa shape index (κ2) is 6.30. The summed E-state index contributed by atoms with van der Waals surface area (Å²) in [5, 5.41) is 10.8. The molecule has 2 atom stereocenters. The number of hydrogen-bond acceptors (Lipinski definition) is 3. The predicted octanol–water partition coefficient (Wildman–Crippen LogP) is 3.71. The molecule has 0 amide bonds. The highest BCUT2D eigenvalue weighted by Crippen LogP contribution is 2.38. The number of aryl methyl sites for hydroxylation is 3. The van der Waals surface area contributed by atoms with Crippen LogP contribution < -0.4 is 5.73 Å². The normalized spacial score (nSPS) is 17.3. The van der Waals surface area contributed by atoms with Gasteiger partial charge in [0.05, 0.1) is 6.10 Å². The molecule has 0 saturated heterocycles. The molecule has 0 fully saturated rings. The highest BCUT2D eigenvalue weighted by atomic mass is 32.1. The topological polar surface area (TPSA) is 46.2 Å². The SMILES string of the molecule is Cc1ccc(C(CN)C(O)c2cc3c(s2)CCCC3)cc1. The number of aliphatic hydroxyl groups is 1. The highest BCUT2D eigenvalue weighted by Gasteiger charge is 2.25. The maximum Gasteiger partial charge on any atom is 0.0962 e. The first-order valence-electron chi connectivity index (χ1n) is 7.75. The van der Waals surface area contributed by atoms with Gasteiger partial charge in [-0.25, -0.2) is 0 Å². The van der Waals surface area contributed by atoms with Gasteiger partial charge in [-0.05, 0) is 49.8 Å². The van der Waals surface area contributed by atoms with Crippen LogP contribution in [0, 0.1) is 6.92 Å². The minimum absolute atomic E-state index is 0.0225. The fourth-order valence-corrected chi connectivity index (χ4v) is 4.43. The summed E-state index contributed by atoms with van der Waals surface area (Å²) in [6, 6.07) is 10.6. The molecule has 1 aliphatic rings. The van der Waals surface area contributed by atoms with Crippen LogP contribution in [0.4, 0.5) is 0 Å². The Morgan fingerprint density at radius 1 is 1.19 bits per heavy atom. The van der Waals surface area contributed by atoms with Crippen molar-refractivity contribution in [2.75, 3.05) is 6.54 Å². The van der Waals surface area contributed by atoms with Gasteiger partial charge in [0.15, 0.2) is 0 Å². The highest BCUT2D eigenvalue weighted by molar-refractivity contribution is 7.12. The molecule has 112 valence electrons. The summed E-state index contributed by atoms with van der Waals surface area (Å²) in [4.78, 5) is 2.55. The molecule has 1 aromatic heterocycles. The van der Waals surface area contributed by atoms with Crippen LogP contribution in [-0.4, -0.2) is 11.7 Å². The lowest BCUT2D eigenvalue weighted by Crippen LogP contribution is -2.19. The van der Waals surface area contributed by atoms with E-state index < -0.39 is 6.10 Å². The van der Waals surface area contributed by atoms with Crippen LogP contribution in [-0.2, 0) is 12.8 Å². The number of hydrogen-bond donors (Lipinski definition) is 2. The lowest BCUT2D eigenvalue weighted by Gasteiger charge is -2.21. The summed E-state index contributed by atoms with van der Waals surface area (Å²) in [5.41, 5.74) is 9.75. The molecular formula is C18H23NOS. The van der Waals surface area contributed by atoms with Crippen LogP contribution >= 0.6 is 11.3 Å². The van der Waals surface area contributed by atoms with E-state index in [1.54, 1.807) is 11.3 Å². The zero-order valence-electron chi connectivity index (χ0n) is 12.5. The van der Waals surface area contributed by atoms with E-state index in [0.29, 0.717) is 6.54 Å². The van der Waals surface area contributed by atoms with Crippen LogP contribution in [0.1, 0.15) is 51.3 Å². The Morgan fingerprint density at radius 3 is 2.57 bits per heavy atom. The molecule has 0 saturated carbocycles. The minimum atomic E-state index is -0.492. The third-order valence-electron chi connectivity index (χ3n) is 4.45. The number of nitrogens with two attached hydrogens (primary N) is 1. The quantitative estimate of drug-likeness (QED) is 0.904. The fraction of sp³-hybridized carbons (Fsp3) is 0.444. The summed E-state index contributed by atoms with van der Waals surface area (Å²) in [6.07, 6.45) is 4.40. The first-order chi connectivity index (χ1) is 10.2. The number of rotatable bonds is 4. The van der Waals surface area contributed by atoms with Gasteiger partial charge in [0.25, 0.3) is 0 Å². The maximum atomic E-state index is 10.8. The number of fused-ring (bicyclic) bond motifs is 1. The first kappa shape index (κ1) is 14.8. The summed E-state index contributed by atoms with van der Waals surface area (Å²) in [5.74, 6) is -0.0225. The number of benzene rings is 1. The molecule has 2 nitrogen and oxygen atoms in total. The summed E-state index contributed by atoms with van der Waals surface area (Å²) < 4.78 is 0. The van der Waals surface area contributed by atoms with Gasteiger partial charge in [-0.1, -0.05) is 29.8 Å². The van der Waals surface area contributed by atoms with Crippen molar-refractivity contribution in [1.29, 1.82) is 0 Å². The van der Waals surface area contributed by atoms with E-state index in [1.807, 2.05) is 0 Å². The molecule has 2 unspecified atom stereocenters. The van der Waals surface area contributed by atoms with Gasteiger partial charge in [0, 0.05) is 22.2 Å². The van der Waals surface area contributed by atoms with E-state index in [0.717, 1.165) is 16.9 Å². The summed E-state index contributed by atoms with van der Waals surface area (Å²) in [7, 11) is 0. The Morgan fingerprint density at radius 2 is 1.90 bits per heavy atom. The Labute approximate surface area is 130 Å². The summed E-state index contributed by atoms with van der Waals surface area (Å²) in [6.45, 7) is 2.54. The minimum Gasteiger partial charge on any atom is -0.387 e. The van der Waals surface area contributed by atoms with Crippen molar-refractivity contribution < 1.29 is 5.11 Å². The maximum absolute atomic E-state index is 10.8. The van der Waals surface area contributed by atoms with Crippen LogP contribution in [0.5, 0.6) is 0 Å². The molecule has 3 N–H and O–H groups in total. The molecule has 1 aliphatic carbocycles. The first-order valence-corrected chi connectivity index (χ1v) is 8.57. The average molecular weight is 301 g/mol. The lowest BCUT2D eigenvalue weighted by molar-refractivity contribution is 0.151. The van der Waals surface area contributed by atoms with Gasteiger partial charge >= 0.3 is 0 Å². The largest absolute Gasteiger partial charge is 0.387 e. The van der Waals surface area contributed by atoms with E-state index in [2.05, 4.69) is 37.3 Å². The number of thiophene rings is 1. The van der Waals surface area contributed by atoms with E-state index >= 15 is 0 Å². The molecular weight excluding hydrogens is 278 g/mol. The Hall–Kier alpha value is -1.16. The molecule has 0 radical (unpaired) electrons. The Bertz CT molecular complexity index is 579. The van der Waals surface area contributed by atoms with Crippen LogP contribution in [0.2, 0.25) is 0 Å². The molecule has 1 heterocycles. The molecule has 3 heteroatoms. The van der Waals surface area contributed by atoms with E-state index in [9.17, 15) is 5.11 Å². The van der Waals surface area contributed by atoms with E-state index in [1.165, 1.54) is 35.3 Å². The lowest BCUT2D eigenvalue weighted by atomic mass is 9.91. The smallest absolute Gasteiger partial charge is 0.0962 e. The van der Waals surface area contributed by atoms with Crippen molar-refractivity contribution in [3.63, 3.8) is 0 Å². The molecule has 1 aromatic carbocycles. The second-order valence-electron chi connectivity index (χ2n) is 6.00. The Kier molecular flexibility index (Phi) is 4.43. The van der Waals surface area contributed by atoms with Gasteiger partial charge < -0.3 is 10.8 Å². The Balaban J connectivity index is 1.86. The molecule has 3 rings (SSSR count). The average Bonchev–Trinajstić information content (AvgIpc) is 2.93. The van der Waals surface area contributed by atoms with Crippen molar-refractivity contribution in [2.24, 2.45) is 5.73 Å². The summed E-state index contributed by atoms with van der Waals surface area (Å²) >= 11 is 1.78. The van der Waals surface area contributed by atoms with Gasteiger partial charge in [0.2, 0.25) is 0 Å². The van der Waals surface area contributed by atoms with Gasteiger partial charge in [-0.3, -0.25) is 0 Å². The van der Waals surface area contributed by atoms with Gasteiger partial charge in [0.1, 0.15) is 0 Å². The monoisotopic (exact) mass is 301 g/mol. The van der Waals surface area contributed by atoms with Crippen molar-refractivity contribution in [1.82, 2.24) is 0 Å². The van der Waals surface area contributed by atoms with Crippen molar-refractivity contribution in [3.05, 3.63) is 56.8 Å². The van der Waals surface area contributed by atoms with Crippen LogP contribution in [0.3, 0.4) is 0 Å². The van der Waals surface area contributed by atoms with Gasteiger partial charge in [-0.15, -0.1) is 11.3 Å². The number of aliphatic hydroxyl groups excluding tert-OH is 1. The van der Waals surface area contributed by atoms with Gasteiger partial charge in [-0.2, -0.15) is 0 Å². The predicted molar refractivity (Wildman–Crippen MR) is 88.9 cm³/mol. The molecule has 0 aliphatic heterocycles. The van der Waals surface area contributed by atoms with Crippen molar-refractivity contribution >= 4 is 11.3 Å². The zero-order chi connectivity index (χ0) is 14.8. The fourth-order valence-electron chi connectivity index (χ4n) is 3.12. The van der Waals surface area contributed by atoms with E-state index in [-0.39, 0.29) is 5.92 Å². The third kappa shape index (κ3) is 3.05. The van der Waals surface area contributed by atoms with Crippen LogP contribution in [0.25, 0.3) is 0 Å². The zero-order valence-corrected chi connectivity index (χ0v) is 13.3.